The van der Waals surface area contributed by atoms with Crippen molar-refractivity contribution in [1.82, 2.24) is 10.3 Å². The molecule has 78 valence electrons. The maximum Gasteiger partial charge on any atom is 0.230 e. The minimum absolute atomic E-state index is 0.0550. The average Bonchev–Trinajstić information content (AvgIpc) is 2.58. The van der Waals surface area contributed by atoms with Gasteiger partial charge in [0, 0.05) is 18.8 Å². The highest BCUT2D eigenvalue weighted by atomic mass is 16.2. The van der Waals surface area contributed by atoms with E-state index in [2.05, 4.69) is 10.3 Å². The molecule has 1 saturated heterocycles. The van der Waals surface area contributed by atoms with Gasteiger partial charge in [-0.1, -0.05) is 6.92 Å². The van der Waals surface area contributed by atoms with Crippen LogP contribution < -0.4 is 5.32 Å². The van der Waals surface area contributed by atoms with E-state index in [1.54, 1.807) is 12.4 Å². The van der Waals surface area contributed by atoms with Crippen LogP contribution in [0.25, 0.3) is 0 Å². The molecule has 1 N–H and O–H groups in total. The lowest BCUT2D eigenvalue weighted by molar-refractivity contribution is -0.126. The molecule has 1 fully saturated rings. The van der Waals surface area contributed by atoms with Gasteiger partial charge in [0.25, 0.3) is 0 Å². The van der Waals surface area contributed by atoms with E-state index in [0.29, 0.717) is 6.42 Å². The van der Waals surface area contributed by atoms with E-state index in [1.807, 2.05) is 19.1 Å². The van der Waals surface area contributed by atoms with E-state index >= 15 is 0 Å². The van der Waals surface area contributed by atoms with E-state index < -0.39 is 0 Å². The summed E-state index contributed by atoms with van der Waals surface area (Å²) in [6.07, 6.45) is 3.68. The van der Waals surface area contributed by atoms with E-state index in [4.69, 9.17) is 0 Å². The average molecular weight is 204 g/mol. The summed E-state index contributed by atoms with van der Waals surface area (Å²) in [7, 11) is 0. The summed E-state index contributed by atoms with van der Waals surface area (Å²) in [4.78, 5) is 26.4. The number of rotatable bonds is 2. The van der Waals surface area contributed by atoms with Crippen molar-refractivity contribution in [2.75, 3.05) is 0 Å². The monoisotopic (exact) mass is 204 g/mol. The van der Waals surface area contributed by atoms with Crippen LogP contribution >= 0.6 is 0 Å². The van der Waals surface area contributed by atoms with Crippen LogP contribution in [0.15, 0.2) is 24.5 Å². The minimum atomic E-state index is -0.236. The highest BCUT2D eigenvalue weighted by molar-refractivity contribution is 6.03. The molecule has 2 atom stereocenters. The van der Waals surface area contributed by atoms with Crippen molar-refractivity contribution in [1.29, 1.82) is 0 Å². The number of carbonyl (C=O) groups is 2. The number of amides is 2. The molecule has 15 heavy (non-hydrogen) atoms. The van der Waals surface area contributed by atoms with Crippen molar-refractivity contribution in [3.05, 3.63) is 30.1 Å². The zero-order chi connectivity index (χ0) is 10.8. The first-order valence-corrected chi connectivity index (χ1v) is 4.92. The largest absolute Gasteiger partial charge is 0.296 e. The highest BCUT2D eigenvalue weighted by Gasteiger charge is 2.35. The summed E-state index contributed by atoms with van der Waals surface area (Å²) in [5, 5.41) is 2.32. The first-order valence-electron chi connectivity index (χ1n) is 4.92. The molecule has 4 nitrogen and oxygen atoms in total. The van der Waals surface area contributed by atoms with E-state index in [0.717, 1.165) is 5.56 Å². The predicted octanol–water partition coefficient (Wildman–Crippen LogP) is 0.848. The van der Waals surface area contributed by atoms with Crippen LogP contribution in [0.5, 0.6) is 0 Å². The first-order chi connectivity index (χ1) is 7.18. The number of nitrogens with zero attached hydrogens (tertiary/aromatic N) is 1. The van der Waals surface area contributed by atoms with Gasteiger partial charge in [-0.05, 0) is 23.6 Å². The molecular weight excluding hydrogens is 192 g/mol. The van der Waals surface area contributed by atoms with Crippen LogP contribution in [0.4, 0.5) is 0 Å². The van der Waals surface area contributed by atoms with Crippen LogP contribution in [0.2, 0.25) is 0 Å². The second kappa shape index (κ2) is 3.81. The van der Waals surface area contributed by atoms with Crippen LogP contribution in [0.3, 0.4) is 0 Å². The standard InChI is InChI=1S/C11H12N2O2/c1-7(8-2-4-12-5-3-8)9-6-10(14)13-11(9)15/h2-5,7,9H,6H2,1H3,(H,13,14,15). The normalized spacial score (nSPS) is 22.6. The summed E-state index contributed by atoms with van der Waals surface area (Å²) in [5.74, 6) is -0.519. The SMILES string of the molecule is CC(c1ccncc1)C1CC(=O)NC1=O. The lowest BCUT2D eigenvalue weighted by Crippen LogP contribution is -2.24. The topological polar surface area (TPSA) is 59.1 Å². The van der Waals surface area contributed by atoms with Gasteiger partial charge in [0.05, 0.1) is 5.92 Å². The number of nitrogens with one attached hydrogen (secondary N) is 1. The molecule has 0 bridgehead atoms. The number of carbonyl (C=O) groups excluding carboxylic acids is 2. The molecule has 0 radical (unpaired) electrons. The molecule has 1 aliphatic rings. The summed E-state index contributed by atoms with van der Waals surface area (Å²) >= 11 is 0. The lowest BCUT2D eigenvalue weighted by Gasteiger charge is -2.15. The molecule has 0 spiro atoms. The summed E-state index contributed by atoms with van der Waals surface area (Å²) < 4.78 is 0. The van der Waals surface area contributed by atoms with Gasteiger partial charge >= 0.3 is 0 Å². The fraction of sp³-hybridized carbons (Fsp3) is 0.364. The first kappa shape index (κ1) is 9.83. The lowest BCUT2D eigenvalue weighted by atomic mass is 9.87. The van der Waals surface area contributed by atoms with Crippen LogP contribution in [-0.2, 0) is 9.59 Å². The molecule has 2 heterocycles. The van der Waals surface area contributed by atoms with Gasteiger partial charge in [0.15, 0.2) is 0 Å². The molecule has 2 amide bonds. The second-order valence-electron chi connectivity index (χ2n) is 3.79. The fourth-order valence-corrected chi connectivity index (χ4v) is 1.88. The Balaban J connectivity index is 2.18. The van der Waals surface area contributed by atoms with Gasteiger partial charge in [-0.25, -0.2) is 0 Å². The maximum absolute atomic E-state index is 11.5. The maximum atomic E-state index is 11.5. The molecule has 0 saturated carbocycles. The predicted molar refractivity (Wildman–Crippen MR) is 53.9 cm³/mol. The van der Waals surface area contributed by atoms with Crippen molar-refractivity contribution in [2.45, 2.75) is 19.3 Å². The Morgan fingerprint density at radius 3 is 2.60 bits per heavy atom. The van der Waals surface area contributed by atoms with Crippen molar-refractivity contribution in [3.63, 3.8) is 0 Å². The Kier molecular flexibility index (Phi) is 2.49. The molecular formula is C11H12N2O2. The van der Waals surface area contributed by atoms with Crippen molar-refractivity contribution < 1.29 is 9.59 Å². The Morgan fingerprint density at radius 1 is 1.40 bits per heavy atom. The summed E-state index contributed by atoms with van der Waals surface area (Å²) in [6.45, 7) is 1.96. The molecule has 1 aliphatic heterocycles. The molecule has 2 rings (SSSR count). The second-order valence-corrected chi connectivity index (χ2v) is 3.79. The number of pyridine rings is 1. The van der Waals surface area contributed by atoms with Crippen molar-refractivity contribution >= 4 is 11.8 Å². The molecule has 1 aromatic rings. The van der Waals surface area contributed by atoms with Gasteiger partial charge in [-0.3, -0.25) is 19.9 Å². The summed E-state index contributed by atoms with van der Waals surface area (Å²) in [6, 6.07) is 3.75. The van der Waals surface area contributed by atoms with Crippen molar-refractivity contribution in [3.8, 4) is 0 Å². The quantitative estimate of drug-likeness (QED) is 0.726. The third-order valence-corrected chi connectivity index (χ3v) is 2.84. The van der Waals surface area contributed by atoms with Gasteiger partial charge in [-0.2, -0.15) is 0 Å². The molecule has 0 aliphatic carbocycles. The zero-order valence-electron chi connectivity index (χ0n) is 8.43. The smallest absolute Gasteiger partial charge is 0.230 e. The zero-order valence-corrected chi connectivity index (χ0v) is 8.43. The molecule has 4 heteroatoms. The highest BCUT2D eigenvalue weighted by Crippen LogP contribution is 2.29. The Bertz CT molecular complexity index is 389. The van der Waals surface area contributed by atoms with E-state index in [9.17, 15) is 9.59 Å². The third-order valence-electron chi connectivity index (χ3n) is 2.84. The van der Waals surface area contributed by atoms with E-state index in [1.165, 1.54) is 0 Å². The number of imide groups is 1. The minimum Gasteiger partial charge on any atom is -0.296 e. The molecule has 0 aromatic carbocycles. The number of hydrogen-bond acceptors (Lipinski definition) is 3. The Labute approximate surface area is 87.7 Å². The Hall–Kier alpha value is -1.71. The van der Waals surface area contributed by atoms with Crippen LogP contribution in [-0.4, -0.2) is 16.8 Å². The van der Waals surface area contributed by atoms with Gasteiger partial charge in [-0.15, -0.1) is 0 Å². The van der Waals surface area contributed by atoms with E-state index in [-0.39, 0.29) is 23.7 Å². The molecule has 2 unspecified atom stereocenters. The van der Waals surface area contributed by atoms with Gasteiger partial charge in [0.1, 0.15) is 0 Å². The Morgan fingerprint density at radius 2 is 2.07 bits per heavy atom. The third kappa shape index (κ3) is 1.88. The van der Waals surface area contributed by atoms with Gasteiger partial charge in [0.2, 0.25) is 11.8 Å². The fourth-order valence-electron chi connectivity index (χ4n) is 1.88. The van der Waals surface area contributed by atoms with Crippen LogP contribution in [0, 0.1) is 5.92 Å². The van der Waals surface area contributed by atoms with Gasteiger partial charge < -0.3 is 0 Å². The number of aromatic nitrogens is 1. The summed E-state index contributed by atoms with van der Waals surface area (Å²) in [5.41, 5.74) is 1.04. The molecule has 1 aromatic heterocycles. The van der Waals surface area contributed by atoms with Crippen molar-refractivity contribution in [2.24, 2.45) is 5.92 Å². The number of hydrogen-bond donors (Lipinski definition) is 1. The van der Waals surface area contributed by atoms with Crippen LogP contribution in [0.1, 0.15) is 24.8 Å².